The fourth-order valence-electron chi connectivity index (χ4n) is 4.56. The first-order valence-electron chi connectivity index (χ1n) is 11.9. The third-order valence-corrected chi connectivity index (χ3v) is 6.53. The van der Waals surface area contributed by atoms with E-state index in [4.69, 9.17) is 14.6 Å². The molecule has 1 fully saturated rings. The maximum atomic E-state index is 13.1. The molecule has 0 aliphatic carbocycles. The molecule has 0 saturated carbocycles. The Morgan fingerprint density at radius 2 is 2.00 bits per heavy atom. The van der Waals surface area contributed by atoms with Gasteiger partial charge in [-0.25, -0.2) is 9.78 Å². The number of carbonyl (C=O) groups excluding carboxylic acids is 1. The summed E-state index contributed by atoms with van der Waals surface area (Å²) in [6.45, 7) is 2.71. The van der Waals surface area contributed by atoms with Crippen molar-refractivity contribution in [3.8, 4) is 5.75 Å². The molecule has 1 aromatic carbocycles. The summed E-state index contributed by atoms with van der Waals surface area (Å²) >= 11 is 0. The SMILES string of the molecule is COCCOc1ccn2c(C(=O)Nc3cccc4c3cnn4CC3CCN(C(=O)O)CC3)cnc2c1. The van der Waals surface area contributed by atoms with Crippen LogP contribution in [0.4, 0.5) is 10.5 Å². The maximum absolute atomic E-state index is 13.1. The zero-order valence-corrected chi connectivity index (χ0v) is 20.0. The number of nitrogens with zero attached hydrogens (tertiary/aromatic N) is 5. The average molecular weight is 493 g/mol. The molecule has 0 bridgehead atoms. The zero-order valence-electron chi connectivity index (χ0n) is 20.0. The van der Waals surface area contributed by atoms with E-state index in [2.05, 4.69) is 15.4 Å². The molecule has 4 aromatic rings. The zero-order chi connectivity index (χ0) is 25.1. The molecule has 2 N–H and O–H groups in total. The largest absolute Gasteiger partial charge is 0.491 e. The molecule has 1 aliphatic rings. The van der Waals surface area contributed by atoms with Crippen molar-refractivity contribution in [3.05, 3.63) is 54.6 Å². The number of carboxylic acid groups (broad SMARTS) is 1. The number of hydrogen-bond donors (Lipinski definition) is 2. The Labute approximate surface area is 207 Å². The molecule has 4 heterocycles. The first-order chi connectivity index (χ1) is 17.5. The van der Waals surface area contributed by atoms with Gasteiger partial charge >= 0.3 is 6.09 Å². The van der Waals surface area contributed by atoms with Crippen LogP contribution in [0.25, 0.3) is 16.6 Å². The van der Waals surface area contributed by atoms with Gasteiger partial charge in [0.1, 0.15) is 23.7 Å². The highest BCUT2D eigenvalue weighted by molar-refractivity contribution is 6.08. The van der Waals surface area contributed by atoms with Gasteiger partial charge in [-0.2, -0.15) is 5.10 Å². The number of amides is 2. The van der Waals surface area contributed by atoms with E-state index in [1.165, 1.54) is 11.1 Å². The van der Waals surface area contributed by atoms with Crippen molar-refractivity contribution >= 4 is 34.2 Å². The molecule has 11 nitrogen and oxygen atoms in total. The standard InChI is InChI=1S/C25H28N6O5/c1-35-11-12-36-18-7-10-30-22(15-26-23(30)13-18)24(32)28-20-3-2-4-21-19(20)14-27-31(21)16-17-5-8-29(9-6-17)25(33)34/h2-4,7,10,13-15,17H,5-6,8-9,11-12,16H2,1H3,(H,28,32)(H,33,34). The minimum absolute atomic E-state index is 0.281. The monoisotopic (exact) mass is 492 g/mol. The van der Waals surface area contributed by atoms with E-state index < -0.39 is 6.09 Å². The maximum Gasteiger partial charge on any atom is 0.407 e. The summed E-state index contributed by atoms with van der Waals surface area (Å²) in [5, 5.41) is 17.6. The van der Waals surface area contributed by atoms with Gasteiger partial charge in [0.2, 0.25) is 0 Å². The van der Waals surface area contributed by atoms with Crippen LogP contribution in [0.15, 0.2) is 48.9 Å². The summed E-state index contributed by atoms with van der Waals surface area (Å²) in [6, 6.07) is 9.28. The second kappa shape index (κ2) is 10.2. The summed E-state index contributed by atoms with van der Waals surface area (Å²) < 4.78 is 14.3. The van der Waals surface area contributed by atoms with Crippen molar-refractivity contribution in [1.29, 1.82) is 0 Å². The third-order valence-electron chi connectivity index (χ3n) is 6.53. The van der Waals surface area contributed by atoms with Crippen molar-refractivity contribution in [2.45, 2.75) is 19.4 Å². The van der Waals surface area contributed by atoms with Crippen LogP contribution >= 0.6 is 0 Å². The Morgan fingerprint density at radius 1 is 1.17 bits per heavy atom. The van der Waals surface area contributed by atoms with Crippen molar-refractivity contribution in [1.82, 2.24) is 24.1 Å². The van der Waals surface area contributed by atoms with Crippen LogP contribution in [0.3, 0.4) is 0 Å². The van der Waals surface area contributed by atoms with E-state index in [-0.39, 0.29) is 5.91 Å². The van der Waals surface area contributed by atoms with Gasteiger partial charge in [-0.1, -0.05) is 6.07 Å². The van der Waals surface area contributed by atoms with E-state index in [0.717, 1.165) is 23.7 Å². The number of aromatic nitrogens is 4. The van der Waals surface area contributed by atoms with Crippen LogP contribution < -0.4 is 10.1 Å². The van der Waals surface area contributed by atoms with Gasteiger partial charge in [0.05, 0.1) is 30.2 Å². The van der Waals surface area contributed by atoms with Crippen LogP contribution in [0.1, 0.15) is 23.3 Å². The molecule has 3 aromatic heterocycles. The highest BCUT2D eigenvalue weighted by atomic mass is 16.5. The summed E-state index contributed by atoms with van der Waals surface area (Å²) in [5.41, 5.74) is 2.60. The van der Waals surface area contributed by atoms with Crippen LogP contribution in [0.5, 0.6) is 5.75 Å². The molecule has 5 rings (SSSR count). The molecule has 0 atom stereocenters. The molecule has 0 radical (unpaired) electrons. The Morgan fingerprint density at radius 3 is 2.78 bits per heavy atom. The molecular weight excluding hydrogens is 464 g/mol. The number of fused-ring (bicyclic) bond motifs is 2. The van der Waals surface area contributed by atoms with Gasteiger partial charge in [0.15, 0.2) is 0 Å². The molecular formula is C25H28N6O5. The number of carbonyl (C=O) groups is 2. The van der Waals surface area contributed by atoms with Gasteiger partial charge < -0.3 is 24.8 Å². The normalized spacial score (nSPS) is 14.4. The molecule has 0 unspecified atom stereocenters. The second-order valence-electron chi connectivity index (χ2n) is 8.81. The lowest BCUT2D eigenvalue weighted by molar-refractivity contribution is 0.102. The van der Waals surface area contributed by atoms with Crippen molar-refractivity contribution in [2.24, 2.45) is 5.92 Å². The van der Waals surface area contributed by atoms with Crippen LogP contribution in [-0.2, 0) is 11.3 Å². The molecule has 0 spiro atoms. The fraction of sp³-hybridized carbons (Fsp3) is 0.360. The average Bonchev–Trinajstić information content (AvgIpc) is 3.49. The van der Waals surface area contributed by atoms with Gasteiger partial charge in [0.25, 0.3) is 5.91 Å². The van der Waals surface area contributed by atoms with Gasteiger partial charge in [-0.15, -0.1) is 0 Å². The first kappa shape index (κ1) is 23.6. The van der Waals surface area contributed by atoms with E-state index in [0.29, 0.717) is 61.5 Å². The summed E-state index contributed by atoms with van der Waals surface area (Å²) in [7, 11) is 1.62. The van der Waals surface area contributed by atoms with Crippen molar-refractivity contribution in [3.63, 3.8) is 0 Å². The molecule has 188 valence electrons. The van der Waals surface area contributed by atoms with Gasteiger partial charge in [-0.3, -0.25) is 13.9 Å². The number of ether oxygens (including phenoxy) is 2. The first-order valence-corrected chi connectivity index (χ1v) is 11.9. The summed E-state index contributed by atoms with van der Waals surface area (Å²) in [5.74, 6) is 0.725. The highest BCUT2D eigenvalue weighted by Crippen LogP contribution is 2.27. The number of anilines is 1. The Kier molecular flexibility index (Phi) is 6.72. The highest BCUT2D eigenvalue weighted by Gasteiger charge is 2.23. The van der Waals surface area contributed by atoms with E-state index >= 15 is 0 Å². The number of piperidine rings is 1. The van der Waals surface area contributed by atoms with Gasteiger partial charge in [0, 0.05) is 44.4 Å². The lowest BCUT2D eigenvalue weighted by Crippen LogP contribution is -2.38. The van der Waals surface area contributed by atoms with E-state index in [9.17, 15) is 9.59 Å². The number of nitrogens with one attached hydrogen (secondary N) is 1. The topological polar surface area (TPSA) is 123 Å². The lowest BCUT2D eigenvalue weighted by Gasteiger charge is -2.29. The molecule has 36 heavy (non-hydrogen) atoms. The molecule has 11 heteroatoms. The predicted molar refractivity (Wildman–Crippen MR) is 133 cm³/mol. The third kappa shape index (κ3) is 4.82. The number of rotatable bonds is 8. The molecule has 1 saturated heterocycles. The quantitative estimate of drug-likeness (QED) is 0.362. The second-order valence-corrected chi connectivity index (χ2v) is 8.81. The minimum atomic E-state index is -0.861. The molecule has 1 aliphatic heterocycles. The van der Waals surface area contributed by atoms with Crippen LogP contribution in [0, 0.1) is 5.92 Å². The number of imidazole rings is 1. The minimum Gasteiger partial charge on any atom is -0.491 e. The number of likely N-dealkylation sites (tertiary alicyclic amines) is 1. The van der Waals surface area contributed by atoms with E-state index in [1.54, 1.807) is 36.0 Å². The Bertz CT molecular complexity index is 1390. The number of hydrogen-bond acceptors (Lipinski definition) is 6. The number of methoxy groups -OCH3 is 1. The van der Waals surface area contributed by atoms with Crippen molar-refractivity contribution in [2.75, 3.05) is 38.7 Å². The Balaban J connectivity index is 1.30. The number of pyridine rings is 1. The van der Waals surface area contributed by atoms with Crippen LogP contribution in [-0.4, -0.2) is 74.6 Å². The van der Waals surface area contributed by atoms with E-state index in [1.807, 2.05) is 22.9 Å². The van der Waals surface area contributed by atoms with Gasteiger partial charge in [-0.05, 0) is 37.0 Å². The van der Waals surface area contributed by atoms with Crippen LogP contribution in [0.2, 0.25) is 0 Å². The van der Waals surface area contributed by atoms with Crippen molar-refractivity contribution < 1.29 is 24.2 Å². The fourth-order valence-corrected chi connectivity index (χ4v) is 4.56. The smallest absolute Gasteiger partial charge is 0.407 e. The predicted octanol–water partition coefficient (Wildman–Crippen LogP) is 3.35. The summed E-state index contributed by atoms with van der Waals surface area (Å²) in [4.78, 5) is 30.1. The number of benzene rings is 1. The lowest BCUT2D eigenvalue weighted by atomic mass is 9.97. The summed E-state index contributed by atoms with van der Waals surface area (Å²) in [6.07, 6.45) is 5.80. The molecule has 2 amide bonds. The Hall–Kier alpha value is -4.12.